The molecule has 21 heavy (non-hydrogen) atoms. The summed E-state index contributed by atoms with van der Waals surface area (Å²) in [6.07, 6.45) is 12.0. The quantitative estimate of drug-likeness (QED) is 0.537. The fourth-order valence-corrected chi connectivity index (χ4v) is 2.77. The van der Waals surface area contributed by atoms with Gasteiger partial charge in [-0.3, -0.25) is 4.99 Å². The van der Waals surface area contributed by atoms with Crippen LogP contribution in [0.2, 0.25) is 0 Å². The van der Waals surface area contributed by atoms with Crippen molar-refractivity contribution < 1.29 is 0 Å². The fourth-order valence-electron chi connectivity index (χ4n) is 1.74. The molecule has 1 aliphatic heterocycles. The highest BCUT2D eigenvalue weighted by atomic mass is 32.2. The van der Waals surface area contributed by atoms with E-state index in [-0.39, 0.29) is 0 Å². The van der Waals surface area contributed by atoms with E-state index in [4.69, 9.17) is 0 Å². The third-order valence-electron chi connectivity index (χ3n) is 2.50. The third-order valence-corrected chi connectivity index (χ3v) is 3.58. The molecule has 2 rings (SSSR count). The van der Waals surface area contributed by atoms with Crippen molar-refractivity contribution in [3.63, 3.8) is 0 Å². The maximum atomic E-state index is 4.06. The first-order chi connectivity index (χ1) is 10.3. The molecule has 0 fully saturated rings. The lowest BCUT2D eigenvalue weighted by molar-refractivity contribution is 0.846. The Morgan fingerprint density at radius 2 is 1.62 bits per heavy atom. The van der Waals surface area contributed by atoms with E-state index in [1.54, 1.807) is 6.20 Å². The maximum absolute atomic E-state index is 4.06. The summed E-state index contributed by atoms with van der Waals surface area (Å²) in [5, 5.41) is 2.70. The molecule has 0 N–H and O–H groups in total. The number of thioether (sulfide) groups is 1. The Kier molecular flexibility index (Phi) is 15.8. The lowest BCUT2D eigenvalue weighted by Crippen LogP contribution is -2.13. The first-order valence-electron chi connectivity index (χ1n) is 7.88. The lowest BCUT2D eigenvalue weighted by Gasteiger charge is -2.19. The molecule has 0 aromatic carbocycles. The van der Waals surface area contributed by atoms with Gasteiger partial charge >= 0.3 is 0 Å². The van der Waals surface area contributed by atoms with Crippen LogP contribution in [-0.2, 0) is 0 Å². The summed E-state index contributed by atoms with van der Waals surface area (Å²) in [5.41, 5.74) is 2.30. The molecule has 0 saturated heterocycles. The van der Waals surface area contributed by atoms with Crippen LogP contribution in [0.1, 0.15) is 41.5 Å². The van der Waals surface area contributed by atoms with Gasteiger partial charge in [0, 0.05) is 23.6 Å². The zero-order valence-electron chi connectivity index (χ0n) is 14.5. The standard InChI is InChI=1S/C13H13NS.3C2H6/c1-3-10-8-13-11(5-6-15-13)7-12(10)9-14-4-2;3*1-2/h3-9,11,13H,1-2H2;3*1-2H3. The minimum atomic E-state index is 0.505. The molecule has 0 amide bonds. The number of rotatable bonds is 3. The minimum absolute atomic E-state index is 0.505. The highest BCUT2D eigenvalue weighted by Crippen LogP contribution is 2.37. The Bertz CT molecular complexity index is 400. The summed E-state index contributed by atoms with van der Waals surface area (Å²) < 4.78 is 0. The monoisotopic (exact) mass is 305 g/mol. The van der Waals surface area contributed by atoms with Crippen LogP contribution >= 0.6 is 11.8 Å². The van der Waals surface area contributed by atoms with Crippen molar-refractivity contribution in [2.24, 2.45) is 10.9 Å². The van der Waals surface area contributed by atoms with Crippen molar-refractivity contribution in [1.82, 2.24) is 0 Å². The molecule has 1 aliphatic carbocycles. The molecule has 2 aliphatic rings. The van der Waals surface area contributed by atoms with Crippen LogP contribution in [0.3, 0.4) is 0 Å². The number of hydrogen-bond donors (Lipinski definition) is 0. The maximum Gasteiger partial charge on any atom is 0.0375 e. The molecule has 1 nitrogen and oxygen atoms in total. The second-order valence-electron chi connectivity index (χ2n) is 3.42. The molecule has 0 spiro atoms. The van der Waals surface area contributed by atoms with E-state index in [0.717, 1.165) is 11.1 Å². The molecule has 2 unspecified atom stereocenters. The van der Waals surface area contributed by atoms with E-state index in [9.17, 15) is 0 Å². The summed E-state index contributed by atoms with van der Waals surface area (Å²) in [7, 11) is 0. The predicted octanol–water partition coefficient (Wildman–Crippen LogP) is 6.58. The van der Waals surface area contributed by atoms with Gasteiger partial charge in [0.1, 0.15) is 0 Å². The SMILES string of the molecule is C=CN=CC1=CC2C=CSC2C=C1C=C.CC.CC.CC. The van der Waals surface area contributed by atoms with Crippen molar-refractivity contribution >= 4 is 18.0 Å². The molecule has 0 aromatic heterocycles. The summed E-state index contributed by atoms with van der Waals surface area (Å²) in [6.45, 7) is 19.4. The number of fused-ring (bicyclic) bond motifs is 1. The Balaban J connectivity index is 0. The van der Waals surface area contributed by atoms with Crippen LogP contribution in [0.15, 0.2) is 65.2 Å². The van der Waals surface area contributed by atoms with Crippen LogP contribution in [0.4, 0.5) is 0 Å². The molecule has 2 heteroatoms. The fraction of sp³-hybridized carbons (Fsp3) is 0.421. The van der Waals surface area contributed by atoms with E-state index in [2.05, 4.69) is 41.8 Å². The van der Waals surface area contributed by atoms with E-state index in [0.29, 0.717) is 11.2 Å². The summed E-state index contributed by atoms with van der Waals surface area (Å²) in [4.78, 5) is 4.06. The van der Waals surface area contributed by atoms with Crippen molar-refractivity contribution in [1.29, 1.82) is 0 Å². The highest BCUT2D eigenvalue weighted by Gasteiger charge is 2.24. The van der Waals surface area contributed by atoms with Crippen LogP contribution in [0.5, 0.6) is 0 Å². The summed E-state index contributed by atoms with van der Waals surface area (Å²) in [6, 6.07) is 0. The zero-order valence-corrected chi connectivity index (χ0v) is 15.3. The second-order valence-corrected chi connectivity index (χ2v) is 4.50. The van der Waals surface area contributed by atoms with Gasteiger partial charge in [-0.25, -0.2) is 0 Å². The van der Waals surface area contributed by atoms with E-state index in [1.165, 1.54) is 0 Å². The number of allylic oxidation sites excluding steroid dienone is 5. The lowest BCUT2D eigenvalue weighted by atomic mass is 9.91. The topological polar surface area (TPSA) is 12.4 Å². The predicted molar refractivity (Wildman–Crippen MR) is 103 cm³/mol. The Morgan fingerprint density at radius 3 is 2.14 bits per heavy atom. The van der Waals surface area contributed by atoms with Gasteiger partial charge in [-0.15, -0.1) is 11.8 Å². The average Bonchev–Trinajstić information content (AvgIpc) is 3.04. The molecule has 1 heterocycles. The van der Waals surface area contributed by atoms with Crippen molar-refractivity contribution in [3.8, 4) is 0 Å². The Morgan fingerprint density at radius 1 is 1.00 bits per heavy atom. The molecule has 0 radical (unpaired) electrons. The van der Waals surface area contributed by atoms with Gasteiger partial charge in [0.25, 0.3) is 0 Å². The Labute approximate surface area is 136 Å². The summed E-state index contributed by atoms with van der Waals surface area (Å²) in [5.74, 6) is 0.505. The molecule has 0 aromatic rings. The van der Waals surface area contributed by atoms with Crippen molar-refractivity contribution in [2.45, 2.75) is 46.8 Å². The van der Waals surface area contributed by atoms with Crippen LogP contribution in [0.25, 0.3) is 0 Å². The highest BCUT2D eigenvalue weighted by molar-refractivity contribution is 8.03. The Hall–Kier alpha value is -1.28. The van der Waals surface area contributed by atoms with Crippen LogP contribution in [0, 0.1) is 5.92 Å². The second kappa shape index (κ2) is 15.1. The van der Waals surface area contributed by atoms with E-state index >= 15 is 0 Å². The van der Waals surface area contributed by atoms with Gasteiger partial charge in [-0.2, -0.15) is 0 Å². The van der Waals surface area contributed by atoms with Gasteiger partial charge in [0.15, 0.2) is 0 Å². The van der Waals surface area contributed by atoms with E-state index < -0.39 is 0 Å². The van der Waals surface area contributed by atoms with Gasteiger partial charge in [-0.05, 0) is 16.6 Å². The normalized spacial score (nSPS) is 21.2. The van der Waals surface area contributed by atoms with Gasteiger partial charge in [0.2, 0.25) is 0 Å². The zero-order chi connectivity index (χ0) is 16.7. The molecule has 118 valence electrons. The smallest absolute Gasteiger partial charge is 0.0375 e. The molecular formula is C19H31NS. The first kappa shape index (κ1) is 22.0. The van der Waals surface area contributed by atoms with E-state index in [1.807, 2.05) is 65.6 Å². The summed E-state index contributed by atoms with van der Waals surface area (Å²) >= 11 is 1.86. The number of hydrogen-bond acceptors (Lipinski definition) is 2. The van der Waals surface area contributed by atoms with Crippen molar-refractivity contribution in [2.75, 3.05) is 0 Å². The minimum Gasteiger partial charge on any atom is -0.265 e. The molecule has 0 bridgehead atoms. The largest absolute Gasteiger partial charge is 0.265 e. The van der Waals surface area contributed by atoms with Gasteiger partial charge in [-0.1, -0.05) is 79.0 Å². The van der Waals surface area contributed by atoms with Crippen LogP contribution in [-0.4, -0.2) is 11.5 Å². The molecule has 0 saturated carbocycles. The number of nitrogens with zero attached hydrogens (tertiary/aromatic N) is 1. The number of aliphatic imine (C=N–C) groups is 1. The average molecular weight is 306 g/mol. The molecule has 2 atom stereocenters. The first-order valence-corrected chi connectivity index (χ1v) is 8.82. The van der Waals surface area contributed by atoms with Crippen molar-refractivity contribution in [3.05, 3.63) is 60.2 Å². The van der Waals surface area contributed by atoms with Crippen LogP contribution < -0.4 is 0 Å². The molecular weight excluding hydrogens is 274 g/mol. The van der Waals surface area contributed by atoms with Gasteiger partial charge < -0.3 is 0 Å². The third kappa shape index (κ3) is 7.33. The van der Waals surface area contributed by atoms with Gasteiger partial charge in [0.05, 0.1) is 0 Å².